The summed E-state index contributed by atoms with van der Waals surface area (Å²) in [6.07, 6.45) is 0.147. The minimum absolute atomic E-state index is 0.0305. The van der Waals surface area contributed by atoms with Gasteiger partial charge in [0.15, 0.2) is 5.78 Å². The van der Waals surface area contributed by atoms with Crippen molar-refractivity contribution in [3.63, 3.8) is 0 Å². The lowest BCUT2D eigenvalue weighted by atomic mass is 10.1. The van der Waals surface area contributed by atoms with Crippen molar-refractivity contribution in [3.05, 3.63) is 53.6 Å². The standard InChI is InChI=1S/C21H22N2O4/c1-13-4-9-19(27-3)18(10-13)23-12-16(11-20(23)25)21(26)22-17-7-5-15(6-8-17)14(2)24/h4-10,16H,11-12H2,1-3H3,(H,22,26). The fourth-order valence-electron chi connectivity index (χ4n) is 3.16. The molecule has 1 aliphatic rings. The van der Waals surface area contributed by atoms with E-state index in [1.165, 1.54) is 6.92 Å². The third-order valence-electron chi connectivity index (χ3n) is 4.68. The number of nitrogens with zero attached hydrogens (tertiary/aromatic N) is 1. The Morgan fingerprint density at radius 2 is 1.85 bits per heavy atom. The Morgan fingerprint density at radius 3 is 2.48 bits per heavy atom. The number of hydrogen-bond acceptors (Lipinski definition) is 4. The molecule has 1 saturated heterocycles. The number of ketones is 1. The zero-order chi connectivity index (χ0) is 19.6. The SMILES string of the molecule is COc1ccc(C)cc1N1CC(C(=O)Nc2ccc(C(C)=O)cc2)CC1=O. The van der Waals surface area contributed by atoms with Gasteiger partial charge in [-0.3, -0.25) is 14.4 Å². The first-order chi connectivity index (χ1) is 12.9. The molecule has 1 fully saturated rings. The zero-order valence-corrected chi connectivity index (χ0v) is 15.6. The van der Waals surface area contributed by atoms with Gasteiger partial charge in [0, 0.05) is 24.2 Å². The molecule has 27 heavy (non-hydrogen) atoms. The number of amides is 2. The lowest BCUT2D eigenvalue weighted by molar-refractivity contribution is -0.122. The quantitative estimate of drug-likeness (QED) is 0.825. The Bertz CT molecular complexity index is 890. The molecule has 0 radical (unpaired) electrons. The molecule has 6 nitrogen and oxygen atoms in total. The molecule has 0 aliphatic carbocycles. The molecular weight excluding hydrogens is 344 g/mol. The van der Waals surface area contributed by atoms with Gasteiger partial charge < -0.3 is 15.0 Å². The summed E-state index contributed by atoms with van der Waals surface area (Å²) in [7, 11) is 1.56. The average Bonchev–Trinajstić information content (AvgIpc) is 3.04. The van der Waals surface area contributed by atoms with Gasteiger partial charge in [0.05, 0.1) is 18.7 Å². The number of carbonyl (C=O) groups is 3. The van der Waals surface area contributed by atoms with Crippen molar-refractivity contribution in [2.45, 2.75) is 20.3 Å². The zero-order valence-electron chi connectivity index (χ0n) is 15.6. The van der Waals surface area contributed by atoms with Crippen LogP contribution in [0.4, 0.5) is 11.4 Å². The third kappa shape index (κ3) is 4.00. The first kappa shape index (κ1) is 18.6. The van der Waals surface area contributed by atoms with Gasteiger partial charge in [-0.1, -0.05) is 6.07 Å². The number of ether oxygens (including phenoxy) is 1. The second kappa shape index (κ2) is 7.61. The lowest BCUT2D eigenvalue weighted by Gasteiger charge is -2.20. The van der Waals surface area contributed by atoms with Crippen LogP contribution in [-0.2, 0) is 9.59 Å². The molecule has 6 heteroatoms. The molecular formula is C21H22N2O4. The minimum atomic E-state index is -0.449. The van der Waals surface area contributed by atoms with Gasteiger partial charge in [0.1, 0.15) is 5.75 Å². The Morgan fingerprint density at radius 1 is 1.15 bits per heavy atom. The number of carbonyl (C=O) groups excluding carboxylic acids is 3. The van der Waals surface area contributed by atoms with Crippen molar-refractivity contribution in [1.82, 2.24) is 0 Å². The number of anilines is 2. The van der Waals surface area contributed by atoms with E-state index >= 15 is 0 Å². The summed E-state index contributed by atoms with van der Waals surface area (Å²) in [5, 5.41) is 2.82. The van der Waals surface area contributed by atoms with E-state index in [2.05, 4.69) is 5.32 Å². The summed E-state index contributed by atoms with van der Waals surface area (Å²) >= 11 is 0. The first-order valence-electron chi connectivity index (χ1n) is 8.76. The number of aryl methyl sites for hydroxylation is 1. The number of benzene rings is 2. The maximum atomic E-state index is 12.6. The van der Waals surface area contributed by atoms with Crippen LogP contribution in [0.15, 0.2) is 42.5 Å². The van der Waals surface area contributed by atoms with Crippen LogP contribution < -0.4 is 15.0 Å². The largest absolute Gasteiger partial charge is 0.495 e. The van der Waals surface area contributed by atoms with E-state index in [1.807, 2.05) is 25.1 Å². The molecule has 2 aromatic rings. The van der Waals surface area contributed by atoms with Gasteiger partial charge in [-0.05, 0) is 55.8 Å². The van der Waals surface area contributed by atoms with Crippen molar-refractivity contribution < 1.29 is 19.1 Å². The predicted octanol–water partition coefficient (Wildman–Crippen LogP) is 3.20. The summed E-state index contributed by atoms with van der Waals surface area (Å²) in [6.45, 7) is 3.74. The third-order valence-corrected chi connectivity index (χ3v) is 4.68. The van der Waals surface area contributed by atoms with Crippen LogP contribution in [-0.4, -0.2) is 31.3 Å². The molecule has 0 spiro atoms. The highest BCUT2D eigenvalue weighted by atomic mass is 16.5. The summed E-state index contributed by atoms with van der Waals surface area (Å²) in [4.78, 5) is 38.0. The second-order valence-electron chi connectivity index (χ2n) is 6.70. The Hall–Kier alpha value is -3.15. The van der Waals surface area contributed by atoms with E-state index in [4.69, 9.17) is 4.74 Å². The number of hydrogen-bond donors (Lipinski definition) is 1. The fourth-order valence-corrected chi connectivity index (χ4v) is 3.16. The molecule has 0 aromatic heterocycles. The number of Topliss-reactive ketones (excluding diaryl/α,β-unsaturated/α-hetero) is 1. The van der Waals surface area contributed by atoms with Crippen LogP contribution in [0.5, 0.6) is 5.75 Å². The molecule has 1 heterocycles. The van der Waals surface area contributed by atoms with Crippen LogP contribution in [0.2, 0.25) is 0 Å². The minimum Gasteiger partial charge on any atom is -0.495 e. The van der Waals surface area contributed by atoms with E-state index in [0.717, 1.165) is 5.56 Å². The average molecular weight is 366 g/mol. The molecule has 3 rings (SSSR count). The maximum Gasteiger partial charge on any atom is 0.229 e. The Labute approximate surface area is 158 Å². The highest BCUT2D eigenvalue weighted by Gasteiger charge is 2.36. The van der Waals surface area contributed by atoms with Crippen LogP contribution in [0.1, 0.15) is 29.3 Å². The number of methoxy groups -OCH3 is 1. The topological polar surface area (TPSA) is 75.7 Å². The van der Waals surface area contributed by atoms with Gasteiger partial charge >= 0.3 is 0 Å². The molecule has 0 saturated carbocycles. The fraction of sp³-hybridized carbons (Fsp3) is 0.286. The first-order valence-corrected chi connectivity index (χ1v) is 8.76. The lowest BCUT2D eigenvalue weighted by Crippen LogP contribution is -2.28. The van der Waals surface area contributed by atoms with Crippen molar-refractivity contribution in [3.8, 4) is 5.75 Å². The van der Waals surface area contributed by atoms with Gasteiger partial charge in [0.2, 0.25) is 11.8 Å². The summed E-state index contributed by atoms with van der Waals surface area (Å²) in [6, 6.07) is 12.3. The van der Waals surface area contributed by atoms with Crippen LogP contribution in [0, 0.1) is 12.8 Å². The highest BCUT2D eigenvalue weighted by molar-refractivity contribution is 6.04. The van der Waals surface area contributed by atoms with Crippen molar-refractivity contribution in [1.29, 1.82) is 0 Å². The van der Waals surface area contributed by atoms with Gasteiger partial charge in [0.25, 0.3) is 0 Å². The van der Waals surface area contributed by atoms with Crippen LogP contribution in [0.25, 0.3) is 0 Å². The van der Waals surface area contributed by atoms with E-state index in [9.17, 15) is 14.4 Å². The monoisotopic (exact) mass is 366 g/mol. The highest BCUT2D eigenvalue weighted by Crippen LogP contribution is 2.34. The van der Waals surface area contributed by atoms with Gasteiger partial charge in [-0.25, -0.2) is 0 Å². The smallest absolute Gasteiger partial charge is 0.229 e. The van der Waals surface area contributed by atoms with E-state index in [1.54, 1.807) is 36.3 Å². The van der Waals surface area contributed by atoms with Crippen molar-refractivity contribution >= 4 is 29.0 Å². The van der Waals surface area contributed by atoms with E-state index < -0.39 is 5.92 Å². The van der Waals surface area contributed by atoms with Gasteiger partial charge in [-0.2, -0.15) is 0 Å². The molecule has 1 unspecified atom stereocenters. The predicted molar refractivity (Wildman–Crippen MR) is 103 cm³/mol. The van der Waals surface area contributed by atoms with Crippen LogP contribution in [0.3, 0.4) is 0 Å². The Kier molecular flexibility index (Phi) is 5.26. The molecule has 1 atom stereocenters. The summed E-state index contributed by atoms with van der Waals surface area (Å²) in [5.74, 6) is -0.193. The molecule has 140 valence electrons. The molecule has 1 aliphatic heterocycles. The second-order valence-corrected chi connectivity index (χ2v) is 6.70. The van der Waals surface area contributed by atoms with E-state index in [0.29, 0.717) is 29.2 Å². The summed E-state index contributed by atoms with van der Waals surface area (Å²) in [5.41, 5.74) is 2.88. The van der Waals surface area contributed by atoms with Crippen LogP contribution >= 0.6 is 0 Å². The molecule has 2 aromatic carbocycles. The van der Waals surface area contributed by atoms with Crippen molar-refractivity contribution in [2.75, 3.05) is 23.9 Å². The normalized spacial score (nSPS) is 16.3. The molecule has 0 bridgehead atoms. The summed E-state index contributed by atoms with van der Waals surface area (Å²) < 4.78 is 5.36. The number of nitrogens with one attached hydrogen (secondary N) is 1. The van der Waals surface area contributed by atoms with Crippen molar-refractivity contribution in [2.24, 2.45) is 5.92 Å². The van der Waals surface area contributed by atoms with E-state index in [-0.39, 0.29) is 24.0 Å². The van der Waals surface area contributed by atoms with Gasteiger partial charge in [-0.15, -0.1) is 0 Å². The molecule has 2 amide bonds. The maximum absolute atomic E-state index is 12.6. The Balaban J connectivity index is 1.72. The molecule has 1 N–H and O–H groups in total. The number of rotatable bonds is 5.